The van der Waals surface area contributed by atoms with E-state index < -0.39 is 15.6 Å². The molecule has 2 aromatic carbocycles. The van der Waals surface area contributed by atoms with Crippen LogP contribution >= 0.6 is 0 Å². The summed E-state index contributed by atoms with van der Waals surface area (Å²) < 4.78 is 35.2. The normalized spacial score (nSPS) is 20.8. The molecule has 4 nitrogen and oxygen atoms in total. The number of imidazole rings is 1. The van der Waals surface area contributed by atoms with Gasteiger partial charge in [-0.1, -0.05) is 36.4 Å². The predicted molar refractivity (Wildman–Crippen MR) is 76.2 cm³/mol. The van der Waals surface area contributed by atoms with Gasteiger partial charge in [-0.25, -0.2) is 13.4 Å². The SMILES string of the molecule is [2H]C1c2ccccc2Cn2c(nc3ccccc32)S1(=O)=O. The zero-order valence-electron chi connectivity index (χ0n) is 11.5. The molecule has 0 spiro atoms. The molecule has 0 saturated carbocycles. The first-order valence-corrected chi connectivity index (χ1v) is 7.83. The number of para-hydroxylation sites is 2. The number of benzene rings is 2. The summed E-state index contributed by atoms with van der Waals surface area (Å²) in [4.78, 5) is 4.25. The zero-order chi connectivity index (χ0) is 14.6. The first-order chi connectivity index (χ1) is 10.1. The average molecular weight is 285 g/mol. The van der Waals surface area contributed by atoms with Gasteiger partial charge in [-0.15, -0.1) is 0 Å². The fourth-order valence-corrected chi connectivity index (χ4v) is 3.97. The fraction of sp³-hybridized carbons (Fsp3) is 0.133. The summed E-state index contributed by atoms with van der Waals surface area (Å²) in [6.45, 7) is 0.417. The zero-order valence-corrected chi connectivity index (χ0v) is 11.3. The van der Waals surface area contributed by atoms with Gasteiger partial charge < -0.3 is 4.57 Å². The van der Waals surface area contributed by atoms with E-state index in [0.717, 1.165) is 11.1 Å². The van der Waals surface area contributed by atoms with Crippen LogP contribution in [0.25, 0.3) is 11.0 Å². The number of aromatic nitrogens is 2. The van der Waals surface area contributed by atoms with Crippen molar-refractivity contribution in [1.82, 2.24) is 9.55 Å². The van der Waals surface area contributed by atoms with Crippen molar-refractivity contribution in [3.8, 4) is 0 Å². The van der Waals surface area contributed by atoms with E-state index in [9.17, 15) is 8.42 Å². The van der Waals surface area contributed by atoms with Crippen molar-refractivity contribution >= 4 is 20.9 Å². The van der Waals surface area contributed by atoms with Crippen molar-refractivity contribution in [2.75, 3.05) is 0 Å². The van der Waals surface area contributed by atoms with Crippen LogP contribution in [0.5, 0.6) is 0 Å². The first kappa shape index (κ1) is 10.6. The van der Waals surface area contributed by atoms with Gasteiger partial charge >= 0.3 is 0 Å². The van der Waals surface area contributed by atoms with Crippen molar-refractivity contribution in [3.05, 3.63) is 59.7 Å². The van der Waals surface area contributed by atoms with Crippen LogP contribution in [-0.2, 0) is 22.1 Å². The summed E-state index contributed by atoms with van der Waals surface area (Å²) in [5.41, 5.74) is 1.48. The maximum absolute atomic E-state index is 12.7. The summed E-state index contributed by atoms with van der Waals surface area (Å²) in [7, 11) is -3.81. The smallest absolute Gasteiger partial charge is 0.229 e. The molecule has 0 fully saturated rings. The lowest BCUT2D eigenvalue weighted by Gasteiger charge is -2.06. The highest BCUT2D eigenvalue weighted by Gasteiger charge is 2.28. The largest absolute Gasteiger partial charge is 0.310 e. The minimum Gasteiger partial charge on any atom is -0.310 e. The molecule has 0 bridgehead atoms. The van der Waals surface area contributed by atoms with Crippen molar-refractivity contribution in [2.45, 2.75) is 17.4 Å². The van der Waals surface area contributed by atoms with E-state index in [4.69, 9.17) is 1.37 Å². The monoisotopic (exact) mass is 285 g/mol. The number of hydrogen-bond donors (Lipinski definition) is 0. The van der Waals surface area contributed by atoms with Gasteiger partial charge in [0.1, 0.15) is 0 Å². The molecule has 0 N–H and O–H groups in total. The van der Waals surface area contributed by atoms with Crippen LogP contribution in [0, 0.1) is 0 Å². The fourth-order valence-electron chi connectivity index (χ4n) is 2.61. The molecule has 100 valence electrons. The third-order valence-corrected chi connectivity index (χ3v) is 4.92. The number of hydrogen-bond acceptors (Lipinski definition) is 3. The minimum atomic E-state index is -3.81. The van der Waals surface area contributed by atoms with Gasteiger partial charge in [0.15, 0.2) is 0 Å². The van der Waals surface area contributed by atoms with Crippen LogP contribution in [-0.4, -0.2) is 18.0 Å². The Bertz CT molecular complexity index is 963. The molecule has 1 aliphatic heterocycles. The van der Waals surface area contributed by atoms with Crippen LogP contribution in [0.1, 0.15) is 12.5 Å². The number of rotatable bonds is 0. The third-order valence-electron chi connectivity index (χ3n) is 3.54. The standard InChI is InChI=1S/C15H12N2O2S/c18-20(19)10-12-6-2-1-5-11(12)9-17-14-8-4-3-7-13(14)16-15(17)20/h1-8H,9-10H2/i10D. The molecule has 0 amide bonds. The Labute approximate surface area is 118 Å². The second-order valence-electron chi connectivity index (χ2n) is 4.83. The summed E-state index contributed by atoms with van der Waals surface area (Å²) in [5.74, 6) is 0. The lowest BCUT2D eigenvalue weighted by Crippen LogP contribution is -2.09. The number of fused-ring (bicyclic) bond motifs is 4. The Balaban J connectivity index is 2.12. The highest BCUT2D eigenvalue weighted by Crippen LogP contribution is 2.28. The quantitative estimate of drug-likeness (QED) is 0.637. The molecule has 1 atom stereocenters. The van der Waals surface area contributed by atoms with E-state index in [-0.39, 0.29) is 5.16 Å². The van der Waals surface area contributed by atoms with Gasteiger partial charge in [-0.05, 0) is 23.3 Å². The molecule has 5 heteroatoms. The Morgan fingerprint density at radius 2 is 1.75 bits per heavy atom. The summed E-state index contributed by atoms with van der Waals surface area (Å²) in [5, 5.41) is -0.0140. The average Bonchev–Trinajstić information content (AvgIpc) is 2.83. The molecular formula is C15H12N2O2S. The molecule has 4 rings (SSSR count). The molecule has 0 saturated heterocycles. The molecule has 0 radical (unpaired) electrons. The van der Waals surface area contributed by atoms with Gasteiger partial charge in [0.25, 0.3) is 0 Å². The van der Waals surface area contributed by atoms with Crippen molar-refractivity contribution in [3.63, 3.8) is 0 Å². The molecule has 2 heterocycles. The van der Waals surface area contributed by atoms with Gasteiger partial charge in [0.05, 0.1) is 23.3 Å². The topological polar surface area (TPSA) is 52.0 Å². The predicted octanol–water partition coefficient (Wildman–Crippen LogP) is 2.37. The van der Waals surface area contributed by atoms with Gasteiger partial charge in [-0.2, -0.15) is 0 Å². The van der Waals surface area contributed by atoms with E-state index in [0.29, 0.717) is 17.6 Å². The highest BCUT2D eigenvalue weighted by atomic mass is 32.2. The number of nitrogens with zero attached hydrogens (tertiary/aromatic N) is 2. The van der Waals surface area contributed by atoms with Crippen LogP contribution < -0.4 is 0 Å². The summed E-state index contributed by atoms with van der Waals surface area (Å²) in [6, 6.07) is 14.5. The molecule has 3 aromatic rings. The number of sulfone groups is 1. The van der Waals surface area contributed by atoms with Crippen LogP contribution in [0.15, 0.2) is 53.7 Å². The molecule has 1 aromatic heterocycles. The second-order valence-corrected chi connectivity index (χ2v) is 6.52. The molecule has 0 aliphatic carbocycles. The van der Waals surface area contributed by atoms with Gasteiger partial charge in [0.2, 0.25) is 15.0 Å². The Hall–Kier alpha value is -2.14. The van der Waals surface area contributed by atoms with Crippen molar-refractivity contribution < 1.29 is 9.79 Å². The van der Waals surface area contributed by atoms with Gasteiger partial charge in [0, 0.05) is 1.37 Å². The van der Waals surface area contributed by atoms with E-state index in [2.05, 4.69) is 4.98 Å². The summed E-state index contributed by atoms with van der Waals surface area (Å²) >= 11 is 0. The molecule has 1 aliphatic rings. The van der Waals surface area contributed by atoms with Crippen LogP contribution in [0.2, 0.25) is 0 Å². The first-order valence-electron chi connectivity index (χ1n) is 6.86. The molecule has 20 heavy (non-hydrogen) atoms. The Kier molecular flexibility index (Phi) is 2.09. The third kappa shape index (κ3) is 1.59. The van der Waals surface area contributed by atoms with Crippen LogP contribution in [0.4, 0.5) is 0 Å². The highest BCUT2D eigenvalue weighted by molar-refractivity contribution is 7.90. The van der Waals surface area contributed by atoms with Crippen molar-refractivity contribution in [1.29, 1.82) is 0 Å². The minimum absolute atomic E-state index is 0.0140. The molecule has 1 unspecified atom stereocenters. The Morgan fingerprint density at radius 3 is 2.60 bits per heavy atom. The lowest BCUT2D eigenvalue weighted by molar-refractivity contribution is 0.579. The van der Waals surface area contributed by atoms with E-state index in [1.54, 1.807) is 22.8 Å². The van der Waals surface area contributed by atoms with Crippen LogP contribution in [0.3, 0.4) is 0 Å². The van der Waals surface area contributed by atoms with E-state index in [1.165, 1.54) is 0 Å². The second kappa shape index (κ2) is 3.93. The summed E-state index contributed by atoms with van der Waals surface area (Å²) in [6.07, 6.45) is 0. The van der Waals surface area contributed by atoms with Gasteiger partial charge in [-0.3, -0.25) is 0 Å². The molecular weight excluding hydrogens is 272 g/mol. The Morgan fingerprint density at radius 1 is 1.05 bits per heavy atom. The van der Waals surface area contributed by atoms with E-state index >= 15 is 0 Å². The van der Waals surface area contributed by atoms with E-state index in [1.807, 2.05) is 30.3 Å². The maximum atomic E-state index is 12.7. The van der Waals surface area contributed by atoms with Crippen molar-refractivity contribution in [2.24, 2.45) is 0 Å². The maximum Gasteiger partial charge on any atom is 0.229 e. The lowest BCUT2D eigenvalue weighted by atomic mass is 10.1.